The number of ether oxygens (including phenoxy) is 1. The summed E-state index contributed by atoms with van der Waals surface area (Å²) < 4.78 is 6.04. The largest absolute Gasteiger partial charge is 0.377 e. The molecule has 0 bridgehead atoms. The monoisotopic (exact) mass is 292 g/mol. The van der Waals surface area contributed by atoms with Crippen LogP contribution in [0.15, 0.2) is 0 Å². The molecule has 0 aromatic rings. The SMILES string of the molecule is C1CCC2(CC1)CN(CC1CCCCO1)C(C1CC1)CN2. The van der Waals surface area contributed by atoms with Gasteiger partial charge in [-0.05, 0) is 50.9 Å². The Labute approximate surface area is 129 Å². The van der Waals surface area contributed by atoms with Crippen LogP contribution in [0.25, 0.3) is 0 Å². The lowest BCUT2D eigenvalue weighted by Crippen LogP contribution is -2.66. The first kappa shape index (κ1) is 14.5. The zero-order valence-electron chi connectivity index (χ0n) is 13.5. The van der Waals surface area contributed by atoms with Crippen molar-refractivity contribution in [3.8, 4) is 0 Å². The van der Waals surface area contributed by atoms with Crippen LogP contribution in [-0.4, -0.2) is 48.8 Å². The zero-order chi connectivity index (χ0) is 14.1. The number of hydrogen-bond donors (Lipinski definition) is 1. The molecule has 2 unspecified atom stereocenters. The maximum Gasteiger partial charge on any atom is 0.0702 e. The fourth-order valence-corrected chi connectivity index (χ4v) is 4.93. The highest BCUT2D eigenvalue weighted by molar-refractivity contribution is 5.03. The molecule has 2 atom stereocenters. The molecule has 120 valence electrons. The maximum atomic E-state index is 6.04. The number of hydrogen-bond acceptors (Lipinski definition) is 3. The minimum absolute atomic E-state index is 0.443. The standard InChI is InChI=1S/C18H32N2O/c1-3-9-18(10-4-1)14-20(13-16-6-2-5-11-21-16)17(12-19-18)15-7-8-15/h15-17,19H,1-14H2. The third-order valence-electron chi connectivity index (χ3n) is 6.35. The Morgan fingerprint density at radius 1 is 1.00 bits per heavy atom. The summed E-state index contributed by atoms with van der Waals surface area (Å²) in [7, 11) is 0. The summed E-state index contributed by atoms with van der Waals surface area (Å²) in [4.78, 5) is 2.84. The minimum Gasteiger partial charge on any atom is -0.377 e. The summed E-state index contributed by atoms with van der Waals surface area (Å²) in [5, 5.41) is 3.99. The lowest BCUT2D eigenvalue weighted by atomic mass is 9.79. The van der Waals surface area contributed by atoms with E-state index >= 15 is 0 Å². The van der Waals surface area contributed by atoms with E-state index in [2.05, 4.69) is 10.2 Å². The molecular weight excluding hydrogens is 260 g/mol. The average Bonchev–Trinajstić information content (AvgIpc) is 3.34. The number of nitrogens with one attached hydrogen (secondary N) is 1. The first-order valence-electron chi connectivity index (χ1n) is 9.45. The molecule has 0 amide bonds. The van der Waals surface area contributed by atoms with Crippen LogP contribution in [0.4, 0.5) is 0 Å². The van der Waals surface area contributed by atoms with Crippen LogP contribution in [-0.2, 0) is 4.74 Å². The third-order valence-corrected chi connectivity index (χ3v) is 6.35. The molecule has 3 nitrogen and oxygen atoms in total. The molecule has 2 aliphatic carbocycles. The second-order valence-electron chi connectivity index (χ2n) is 8.04. The highest BCUT2D eigenvalue weighted by Crippen LogP contribution is 2.40. The molecule has 3 heteroatoms. The quantitative estimate of drug-likeness (QED) is 0.865. The molecule has 0 radical (unpaired) electrons. The van der Waals surface area contributed by atoms with Crippen molar-refractivity contribution in [1.29, 1.82) is 0 Å². The second-order valence-corrected chi connectivity index (χ2v) is 8.04. The predicted octanol–water partition coefficient (Wildman–Crippen LogP) is 2.94. The molecular formula is C18H32N2O. The van der Waals surface area contributed by atoms with E-state index in [4.69, 9.17) is 4.74 Å². The molecule has 2 heterocycles. The summed E-state index contributed by atoms with van der Waals surface area (Å²) in [6, 6.07) is 0.795. The van der Waals surface area contributed by atoms with Crippen LogP contribution in [0.3, 0.4) is 0 Å². The number of piperazine rings is 1. The summed E-state index contributed by atoms with van der Waals surface area (Å²) in [5.41, 5.74) is 0.443. The lowest BCUT2D eigenvalue weighted by molar-refractivity contribution is -0.0370. The topological polar surface area (TPSA) is 24.5 Å². The summed E-state index contributed by atoms with van der Waals surface area (Å²) in [5.74, 6) is 0.974. The Bertz CT molecular complexity index is 343. The average molecular weight is 292 g/mol. The Kier molecular flexibility index (Phi) is 4.25. The van der Waals surface area contributed by atoms with E-state index in [9.17, 15) is 0 Å². The van der Waals surface area contributed by atoms with Crippen molar-refractivity contribution >= 4 is 0 Å². The first-order valence-corrected chi connectivity index (χ1v) is 9.45. The minimum atomic E-state index is 0.443. The third kappa shape index (κ3) is 3.30. The molecule has 4 rings (SSSR count). The van der Waals surface area contributed by atoms with E-state index in [-0.39, 0.29) is 0 Å². The van der Waals surface area contributed by atoms with Gasteiger partial charge in [0.05, 0.1) is 6.10 Å². The van der Waals surface area contributed by atoms with Gasteiger partial charge in [0.25, 0.3) is 0 Å². The van der Waals surface area contributed by atoms with Crippen LogP contribution in [0.2, 0.25) is 0 Å². The molecule has 1 spiro atoms. The Balaban J connectivity index is 1.43. The van der Waals surface area contributed by atoms with Gasteiger partial charge in [-0.25, -0.2) is 0 Å². The molecule has 2 saturated carbocycles. The first-order chi connectivity index (χ1) is 10.3. The maximum absolute atomic E-state index is 6.04. The number of nitrogens with zero attached hydrogens (tertiary/aromatic N) is 1. The Morgan fingerprint density at radius 3 is 2.57 bits per heavy atom. The van der Waals surface area contributed by atoms with E-state index < -0.39 is 0 Å². The van der Waals surface area contributed by atoms with Crippen molar-refractivity contribution in [3.05, 3.63) is 0 Å². The van der Waals surface area contributed by atoms with Gasteiger partial charge in [-0.2, -0.15) is 0 Å². The van der Waals surface area contributed by atoms with Gasteiger partial charge < -0.3 is 10.1 Å². The van der Waals surface area contributed by atoms with Crippen LogP contribution in [0, 0.1) is 5.92 Å². The van der Waals surface area contributed by atoms with E-state index in [1.54, 1.807) is 0 Å². The van der Waals surface area contributed by atoms with Crippen LogP contribution in [0.1, 0.15) is 64.2 Å². The van der Waals surface area contributed by atoms with Gasteiger partial charge in [-0.1, -0.05) is 19.3 Å². The van der Waals surface area contributed by atoms with Crippen LogP contribution in [0.5, 0.6) is 0 Å². The van der Waals surface area contributed by atoms with Crippen LogP contribution >= 0.6 is 0 Å². The molecule has 4 fully saturated rings. The Hall–Kier alpha value is -0.120. The van der Waals surface area contributed by atoms with Gasteiger partial charge in [0.2, 0.25) is 0 Å². The molecule has 2 aliphatic heterocycles. The van der Waals surface area contributed by atoms with Crippen LogP contribution < -0.4 is 5.32 Å². The van der Waals surface area contributed by atoms with E-state index in [1.807, 2.05) is 0 Å². The number of rotatable bonds is 3. The molecule has 2 saturated heterocycles. The van der Waals surface area contributed by atoms with Crippen molar-refractivity contribution in [2.75, 3.05) is 26.2 Å². The van der Waals surface area contributed by atoms with E-state index in [0.29, 0.717) is 11.6 Å². The van der Waals surface area contributed by atoms with Gasteiger partial charge >= 0.3 is 0 Å². The second kappa shape index (κ2) is 6.17. The highest BCUT2D eigenvalue weighted by atomic mass is 16.5. The lowest BCUT2D eigenvalue weighted by Gasteiger charge is -2.51. The molecule has 1 N–H and O–H groups in total. The fraction of sp³-hybridized carbons (Fsp3) is 1.00. The summed E-state index contributed by atoms with van der Waals surface area (Å²) >= 11 is 0. The normalized spacial score (nSPS) is 37.7. The van der Waals surface area contributed by atoms with Gasteiger partial charge in [-0.15, -0.1) is 0 Å². The van der Waals surface area contributed by atoms with Gasteiger partial charge in [0, 0.05) is 37.8 Å². The molecule has 4 aliphatic rings. The smallest absolute Gasteiger partial charge is 0.0702 e. The van der Waals surface area contributed by atoms with Crippen molar-refractivity contribution in [1.82, 2.24) is 10.2 Å². The van der Waals surface area contributed by atoms with E-state index in [1.165, 1.54) is 83.8 Å². The zero-order valence-corrected chi connectivity index (χ0v) is 13.5. The Morgan fingerprint density at radius 2 is 1.86 bits per heavy atom. The summed E-state index contributed by atoms with van der Waals surface area (Å²) in [6.45, 7) is 4.71. The predicted molar refractivity (Wildman–Crippen MR) is 85.5 cm³/mol. The van der Waals surface area contributed by atoms with Crippen molar-refractivity contribution in [3.63, 3.8) is 0 Å². The summed E-state index contributed by atoms with van der Waals surface area (Å²) in [6.07, 6.45) is 14.4. The van der Waals surface area contributed by atoms with Gasteiger partial charge in [-0.3, -0.25) is 4.90 Å². The van der Waals surface area contributed by atoms with Crippen molar-refractivity contribution < 1.29 is 4.74 Å². The molecule has 0 aromatic heterocycles. The van der Waals surface area contributed by atoms with Crippen molar-refractivity contribution in [2.45, 2.75) is 81.9 Å². The van der Waals surface area contributed by atoms with Crippen molar-refractivity contribution in [2.24, 2.45) is 5.92 Å². The molecule has 0 aromatic carbocycles. The van der Waals surface area contributed by atoms with Gasteiger partial charge in [0.1, 0.15) is 0 Å². The van der Waals surface area contributed by atoms with E-state index in [0.717, 1.165) is 18.6 Å². The fourth-order valence-electron chi connectivity index (χ4n) is 4.93. The highest BCUT2D eigenvalue weighted by Gasteiger charge is 2.45. The molecule has 21 heavy (non-hydrogen) atoms. The van der Waals surface area contributed by atoms with Gasteiger partial charge in [0.15, 0.2) is 0 Å².